The van der Waals surface area contributed by atoms with E-state index in [0.717, 1.165) is 44.5 Å². The Bertz CT molecular complexity index is 395. The molecule has 0 spiro atoms. The highest BCUT2D eigenvalue weighted by Gasteiger charge is 2.18. The SMILES string of the molecule is c1cc(OCC2CCC2)cc(N2CCCNCC2)c1. The monoisotopic (exact) mass is 260 g/mol. The molecular formula is C16H24N2O. The summed E-state index contributed by atoms with van der Waals surface area (Å²) in [4.78, 5) is 2.45. The molecule has 2 fully saturated rings. The Morgan fingerprint density at radius 2 is 2.11 bits per heavy atom. The zero-order valence-electron chi connectivity index (χ0n) is 11.6. The molecule has 0 radical (unpaired) electrons. The Hall–Kier alpha value is -1.22. The first-order valence-electron chi connectivity index (χ1n) is 7.60. The van der Waals surface area contributed by atoms with Crippen molar-refractivity contribution < 1.29 is 4.74 Å². The van der Waals surface area contributed by atoms with E-state index in [4.69, 9.17) is 4.74 Å². The standard InChI is InChI=1S/C16H24N2O/c1-4-14(5-1)13-19-16-7-2-6-15(12-16)18-10-3-8-17-9-11-18/h2,6-7,12,14,17H,1,3-5,8-11,13H2. The number of nitrogens with one attached hydrogen (secondary N) is 1. The molecule has 3 heteroatoms. The van der Waals surface area contributed by atoms with Gasteiger partial charge in [-0.25, -0.2) is 0 Å². The summed E-state index contributed by atoms with van der Waals surface area (Å²) in [6.07, 6.45) is 5.29. The van der Waals surface area contributed by atoms with Gasteiger partial charge in [-0.15, -0.1) is 0 Å². The van der Waals surface area contributed by atoms with Gasteiger partial charge in [-0.3, -0.25) is 0 Å². The van der Waals surface area contributed by atoms with E-state index in [0.29, 0.717) is 0 Å². The average Bonchev–Trinajstić information content (AvgIpc) is 2.66. The summed E-state index contributed by atoms with van der Waals surface area (Å²) >= 11 is 0. The Kier molecular flexibility index (Phi) is 4.23. The van der Waals surface area contributed by atoms with Crippen LogP contribution in [0.1, 0.15) is 25.7 Å². The topological polar surface area (TPSA) is 24.5 Å². The number of hydrogen-bond acceptors (Lipinski definition) is 3. The van der Waals surface area contributed by atoms with E-state index in [2.05, 4.69) is 34.5 Å². The molecule has 0 amide bonds. The Morgan fingerprint density at radius 3 is 2.95 bits per heavy atom. The minimum absolute atomic E-state index is 0.797. The molecule has 0 unspecified atom stereocenters. The highest BCUT2D eigenvalue weighted by molar-refractivity contribution is 5.50. The lowest BCUT2D eigenvalue weighted by atomic mass is 9.86. The molecule has 1 aliphatic carbocycles. The molecule has 0 bridgehead atoms. The molecule has 2 aliphatic rings. The van der Waals surface area contributed by atoms with Crippen LogP contribution in [-0.4, -0.2) is 32.8 Å². The number of nitrogens with zero attached hydrogens (tertiary/aromatic N) is 1. The minimum atomic E-state index is 0.797. The van der Waals surface area contributed by atoms with Gasteiger partial charge in [-0.1, -0.05) is 12.5 Å². The smallest absolute Gasteiger partial charge is 0.121 e. The van der Waals surface area contributed by atoms with Gasteiger partial charge in [0.2, 0.25) is 0 Å². The first-order chi connectivity index (χ1) is 9.42. The van der Waals surface area contributed by atoms with Crippen molar-refractivity contribution in [2.24, 2.45) is 5.92 Å². The first kappa shape index (κ1) is 12.8. The van der Waals surface area contributed by atoms with Gasteiger partial charge in [0.15, 0.2) is 0 Å². The van der Waals surface area contributed by atoms with Crippen LogP contribution in [0.3, 0.4) is 0 Å². The molecule has 0 aromatic heterocycles. The van der Waals surface area contributed by atoms with Crippen LogP contribution in [0.25, 0.3) is 0 Å². The number of benzene rings is 1. The quantitative estimate of drug-likeness (QED) is 0.901. The predicted octanol–water partition coefficient (Wildman–Crippen LogP) is 2.67. The number of rotatable bonds is 4. The van der Waals surface area contributed by atoms with Crippen molar-refractivity contribution in [3.05, 3.63) is 24.3 Å². The van der Waals surface area contributed by atoms with Gasteiger partial charge in [0, 0.05) is 31.4 Å². The van der Waals surface area contributed by atoms with E-state index in [9.17, 15) is 0 Å². The molecule has 1 saturated carbocycles. The second-order valence-corrected chi connectivity index (χ2v) is 5.70. The van der Waals surface area contributed by atoms with Crippen molar-refractivity contribution in [3.63, 3.8) is 0 Å². The summed E-state index contributed by atoms with van der Waals surface area (Å²) in [5.74, 6) is 1.83. The maximum atomic E-state index is 5.93. The van der Waals surface area contributed by atoms with Crippen LogP contribution in [0.2, 0.25) is 0 Å². The van der Waals surface area contributed by atoms with Gasteiger partial charge < -0.3 is 15.0 Å². The molecule has 1 N–H and O–H groups in total. The van der Waals surface area contributed by atoms with Crippen LogP contribution in [0, 0.1) is 5.92 Å². The van der Waals surface area contributed by atoms with Gasteiger partial charge in [-0.2, -0.15) is 0 Å². The summed E-state index contributed by atoms with van der Waals surface area (Å²) < 4.78 is 5.93. The van der Waals surface area contributed by atoms with Crippen LogP contribution in [0.15, 0.2) is 24.3 Å². The number of ether oxygens (including phenoxy) is 1. The van der Waals surface area contributed by atoms with Crippen molar-refractivity contribution in [1.29, 1.82) is 0 Å². The van der Waals surface area contributed by atoms with Crippen LogP contribution in [0.5, 0.6) is 5.75 Å². The molecule has 1 saturated heterocycles. The lowest BCUT2D eigenvalue weighted by Crippen LogP contribution is -2.27. The minimum Gasteiger partial charge on any atom is -0.493 e. The summed E-state index contributed by atoms with van der Waals surface area (Å²) in [6.45, 7) is 5.33. The van der Waals surface area contributed by atoms with Crippen molar-refractivity contribution in [3.8, 4) is 5.75 Å². The van der Waals surface area contributed by atoms with Crippen LogP contribution < -0.4 is 15.0 Å². The lowest BCUT2D eigenvalue weighted by molar-refractivity contribution is 0.180. The van der Waals surface area contributed by atoms with E-state index in [-0.39, 0.29) is 0 Å². The van der Waals surface area contributed by atoms with Crippen molar-refractivity contribution in [1.82, 2.24) is 5.32 Å². The fraction of sp³-hybridized carbons (Fsp3) is 0.625. The first-order valence-corrected chi connectivity index (χ1v) is 7.60. The zero-order valence-corrected chi connectivity index (χ0v) is 11.6. The van der Waals surface area contributed by atoms with Gasteiger partial charge in [-0.05, 0) is 43.9 Å². The van der Waals surface area contributed by atoms with E-state index < -0.39 is 0 Å². The predicted molar refractivity (Wildman–Crippen MR) is 79.0 cm³/mol. The van der Waals surface area contributed by atoms with Gasteiger partial charge >= 0.3 is 0 Å². The summed E-state index contributed by atoms with van der Waals surface area (Å²) in [5.41, 5.74) is 1.30. The van der Waals surface area contributed by atoms with Crippen molar-refractivity contribution >= 4 is 5.69 Å². The summed E-state index contributed by atoms with van der Waals surface area (Å²) in [6, 6.07) is 8.59. The average molecular weight is 260 g/mol. The molecule has 1 heterocycles. The third kappa shape index (κ3) is 3.41. The molecule has 104 valence electrons. The summed E-state index contributed by atoms with van der Waals surface area (Å²) in [7, 11) is 0. The van der Waals surface area contributed by atoms with Gasteiger partial charge in [0.1, 0.15) is 5.75 Å². The molecule has 1 aliphatic heterocycles. The highest BCUT2D eigenvalue weighted by Crippen LogP contribution is 2.28. The number of anilines is 1. The maximum absolute atomic E-state index is 5.93. The molecule has 3 rings (SSSR count). The Labute approximate surface area is 115 Å². The molecule has 1 aromatic carbocycles. The Morgan fingerprint density at radius 1 is 1.16 bits per heavy atom. The summed E-state index contributed by atoms with van der Waals surface area (Å²) in [5, 5.41) is 3.44. The van der Waals surface area contributed by atoms with E-state index in [1.54, 1.807) is 0 Å². The highest BCUT2D eigenvalue weighted by atomic mass is 16.5. The van der Waals surface area contributed by atoms with Crippen molar-refractivity contribution in [2.75, 3.05) is 37.7 Å². The largest absolute Gasteiger partial charge is 0.493 e. The Balaban J connectivity index is 1.60. The lowest BCUT2D eigenvalue weighted by Gasteiger charge is -2.26. The molecule has 0 atom stereocenters. The molecule has 1 aromatic rings. The second kappa shape index (κ2) is 6.29. The molecular weight excluding hydrogens is 236 g/mol. The molecule has 19 heavy (non-hydrogen) atoms. The third-order valence-corrected chi connectivity index (χ3v) is 4.23. The normalized spacial score (nSPS) is 20.7. The van der Waals surface area contributed by atoms with Crippen LogP contribution in [-0.2, 0) is 0 Å². The van der Waals surface area contributed by atoms with Crippen LogP contribution >= 0.6 is 0 Å². The molecule has 3 nitrogen and oxygen atoms in total. The third-order valence-electron chi connectivity index (χ3n) is 4.23. The van der Waals surface area contributed by atoms with E-state index in [1.807, 2.05) is 0 Å². The zero-order chi connectivity index (χ0) is 12.9. The van der Waals surface area contributed by atoms with Crippen molar-refractivity contribution in [2.45, 2.75) is 25.7 Å². The van der Waals surface area contributed by atoms with Gasteiger partial charge in [0.25, 0.3) is 0 Å². The second-order valence-electron chi connectivity index (χ2n) is 5.70. The fourth-order valence-electron chi connectivity index (χ4n) is 2.75. The van der Waals surface area contributed by atoms with Gasteiger partial charge in [0.05, 0.1) is 6.61 Å². The van der Waals surface area contributed by atoms with E-state index >= 15 is 0 Å². The van der Waals surface area contributed by atoms with Crippen LogP contribution in [0.4, 0.5) is 5.69 Å². The number of hydrogen-bond donors (Lipinski definition) is 1. The fourth-order valence-corrected chi connectivity index (χ4v) is 2.75. The van der Waals surface area contributed by atoms with E-state index in [1.165, 1.54) is 31.4 Å². The maximum Gasteiger partial charge on any atom is 0.121 e.